The molecular weight excluding hydrogens is 465 g/mol. The van der Waals surface area contributed by atoms with E-state index in [0.29, 0.717) is 12.1 Å². The number of carbonyl (C=O) groups excluding carboxylic acids is 2. The number of methoxy groups -OCH3 is 2. The molecule has 0 N–H and O–H groups in total. The van der Waals surface area contributed by atoms with Crippen LogP contribution in [-0.4, -0.2) is 31.1 Å². The van der Waals surface area contributed by atoms with Crippen LogP contribution in [0.15, 0.2) is 52.3 Å². The molecule has 0 aliphatic carbocycles. The summed E-state index contributed by atoms with van der Waals surface area (Å²) in [5.41, 5.74) is -3.43. The number of hydrogen-bond donors (Lipinski definition) is 0. The molecule has 0 bridgehead atoms. The summed E-state index contributed by atoms with van der Waals surface area (Å²) >= 11 is 2.90. The number of nitro benzene ring substituents is 1. The average Bonchev–Trinajstić information content (AvgIpc) is 2.87. The predicted molar refractivity (Wildman–Crippen MR) is 97.6 cm³/mol. The van der Waals surface area contributed by atoms with Crippen molar-refractivity contribution in [2.24, 2.45) is 0 Å². The summed E-state index contributed by atoms with van der Waals surface area (Å²) in [5, 5.41) is 11.5. The van der Waals surface area contributed by atoms with Gasteiger partial charge in [0, 0.05) is 16.7 Å². The Bertz CT molecular complexity index is 969. The van der Waals surface area contributed by atoms with Gasteiger partial charge >= 0.3 is 18.1 Å². The van der Waals surface area contributed by atoms with Crippen LogP contribution < -0.4 is 4.90 Å². The molecule has 1 aliphatic heterocycles. The Morgan fingerprint density at radius 1 is 1.14 bits per heavy atom. The van der Waals surface area contributed by atoms with E-state index in [-0.39, 0.29) is 10.0 Å². The van der Waals surface area contributed by atoms with E-state index >= 15 is 0 Å². The Balaban J connectivity index is 2.88. The normalized spacial score (nSPS) is 13.9. The second kappa shape index (κ2) is 8.47. The summed E-state index contributed by atoms with van der Waals surface area (Å²) in [5.74, 6) is -2.02. The maximum absolute atomic E-state index is 13.1. The summed E-state index contributed by atoms with van der Waals surface area (Å²) in [7, 11) is 2.06. The highest BCUT2D eigenvalue weighted by atomic mass is 79.9. The summed E-state index contributed by atoms with van der Waals surface area (Å²) in [6.07, 6.45) is 0.198. The SMILES string of the molecule is COC(=O)C1=C(C(=O)OC)N(c2c(Br)cc(C(F)(F)F)cc2[N+](=O)[O-])C=CC=C1. The van der Waals surface area contributed by atoms with Crippen LogP contribution in [0.25, 0.3) is 0 Å². The quantitative estimate of drug-likeness (QED) is 0.369. The number of benzene rings is 1. The summed E-state index contributed by atoms with van der Waals surface area (Å²) < 4.78 is 48.2. The number of alkyl halides is 3. The van der Waals surface area contributed by atoms with Gasteiger partial charge in [0.15, 0.2) is 0 Å². The molecule has 1 aromatic carbocycles. The molecule has 0 fully saturated rings. The van der Waals surface area contributed by atoms with Crippen molar-refractivity contribution in [3.63, 3.8) is 0 Å². The molecule has 154 valence electrons. The van der Waals surface area contributed by atoms with Crippen molar-refractivity contribution < 1.29 is 37.2 Å². The number of halogens is 4. The molecule has 0 amide bonds. The summed E-state index contributed by atoms with van der Waals surface area (Å²) in [6, 6.07) is 0.959. The topological polar surface area (TPSA) is 99.0 Å². The van der Waals surface area contributed by atoms with Crippen LogP contribution in [0.4, 0.5) is 24.5 Å². The van der Waals surface area contributed by atoms with Crippen molar-refractivity contribution in [2.75, 3.05) is 19.1 Å². The number of ether oxygens (including phenoxy) is 2. The lowest BCUT2D eigenvalue weighted by Gasteiger charge is -2.24. The van der Waals surface area contributed by atoms with Gasteiger partial charge in [-0.3, -0.25) is 10.1 Å². The first-order valence-corrected chi connectivity index (χ1v) is 8.42. The highest BCUT2D eigenvalue weighted by Crippen LogP contribution is 2.44. The molecule has 2 rings (SSSR count). The van der Waals surface area contributed by atoms with E-state index in [4.69, 9.17) is 0 Å². The van der Waals surface area contributed by atoms with Gasteiger partial charge in [-0.15, -0.1) is 0 Å². The number of carbonyl (C=O) groups is 2. The standard InChI is InChI=1S/C17H12BrF3N2O6/c1-28-15(24)10-5-3-4-6-22(13(10)16(25)29-2)14-11(18)7-9(17(19,20)21)8-12(14)23(26)27/h3-8H,1-2H3. The molecule has 0 saturated heterocycles. The first kappa shape index (κ1) is 22.1. The van der Waals surface area contributed by atoms with Crippen molar-refractivity contribution in [2.45, 2.75) is 6.18 Å². The first-order chi connectivity index (χ1) is 13.5. The Labute approximate surface area is 170 Å². The second-order valence-corrected chi connectivity index (χ2v) is 6.25. The van der Waals surface area contributed by atoms with Crippen molar-refractivity contribution >= 4 is 39.2 Å². The minimum absolute atomic E-state index is 0.314. The van der Waals surface area contributed by atoms with Gasteiger partial charge in [0.1, 0.15) is 11.4 Å². The van der Waals surface area contributed by atoms with E-state index < -0.39 is 45.7 Å². The lowest BCUT2D eigenvalue weighted by atomic mass is 10.1. The number of rotatable bonds is 4. The second-order valence-electron chi connectivity index (χ2n) is 5.40. The summed E-state index contributed by atoms with van der Waals surface area (Å²) in [6.45, 7) is 0. The fourth-order valence-corrected chi connectivity index (χ4v) is 3.10. The van der Waals surface area contributed by atoms with Gasteiger partial charge in [-0.05, 0) is 34.1 Å². The fraction of sp³-hybridized carbons (Fsp3) is 0.176. The molecule has 1 heterocycles. The maximum atomic E-state index is 13.1. The number of nitro groups is 1. The Hall–Kier alpha value is -3.15. The van der Waals surface area contributed by atoms with Gasteiger partial charge in [-0.1, -0.05) is 6.08 Å². The van der Waals surface area contributed by atoms with E-state index in [0.717, 1.165) is 19.1 Å². The third kappa shape index (κ3) is 4.47. The zero-order valence-electron chi connectivity index (χ0n) is 14.8. The number of hydrogen-bond acceptors (Lipinski definition) is 7. The Morgan fingerprint density at radius 3 is 2.28 bits per heavy atom. The first-order valence-electron chi connectivity index (χ1n) is 7.63. The van der Waals surface area contributed by atoms with Gasteiger partial charge in [0.05, 0.1) is 30.3 Å². The molecule has 8 nitrogen and oxygen atoms in total. The van der Waals surface area contributed by atoms with Crippen LogP contribution in [-0.2, 0) is 25.2 Å². The van der Waals surface area contributed by atoms with Gasteiger partial charge in [-0.25, -0.2) is 9.59 Å². The highest BCUT2D eigenvalue weighted by molar-refractivity contribution is 9.10. The molecule has 1 aromatic rings. The van der Waals surface area contributed by atoms with Crippen molar-refractivity contribution in [1.29, 1.82) is 0 Å². The molecule has 12 heteroatoms. The largest absolute Gasteiger partial charge is 0.465 e. The molecule has 0 atom stereocenters. The van der Waals surface area contributed by atoms with Crippen molar-refractivity contribution in [3.8, 4) is 0 Å². The van der Waals surface area contributed by atoms with Crippen LogP contribution in [0.5, 0.6) is 0 Å². The maximum Gasteiger partial charge on any atom is 0.416 e. The molecule has 0 radical (unpaired) electrons. The number of anilines is 1. The van der Waals surface area contributed by atoms with Gasteiger partial charge in [0.2, 0.25) is 0 Å². The van der Waals surface area contributed by atoms with Crippen LogP contribution in [0.3, 0.4) is 0 Å². The minimum atomic E-state index is -4.85. The monoisotopic (exact) mass is 476 g/mol. The number of allylic oxidation sites excluding steroid dienone is 2. The zero-order chi connectivity index (χ0) is 21.9. The third-order valence-electron chi connectivity index (χ3n) is 3.70. The van der Waals surface area contributed by atoms with E-state index in [1.807, 2.05) is 0 Å². The molecule has 0 spiro atoms. The van der Waals surface area contributed by atoms with Gasteiger partial charge < -0.3 is 14.4 Å². The minimum Gasteiger partial charge on any atom is -0.465 e. The van der Waals surface area contributed by atoms with Gasteiger partial charge in [-0.2, -0.15) is 13.2 Å². The Morgan fingerprint density at radius 2 is 1.76 bits per heavy atom. The highest BCUT2D eigenvalue weighted by Gasteiger charge is 2.37. The van der Waals surface area contributed by atoms with Gasteiger partial charge in [0.25, 0.3) is 5.69 Å². The molecule has 0 unspecified atom stereocenters. The molecule has 29 heavy (non-hydrogen) atoms. The Kier molecular flexibility index (Phi) is 6.47. The van der Waals surface area contributed by atoms with E-state index in [9.17, 15) is 32.9 Å². The molecule has 0 saturated carbocycles. The van der Waals surface area contributed by atoms with E-state index in [1.54, 1.807) is 0 Å². The zero-order valence-corrected chi connectivity index (χ0v) is 16.4. The molecule has 0 aromatic heterocycles. The van der Waals surface area contributed by atoms with Crippen LogP contribution in [0.2, 0.25) is 0 Å². The van der Waals surface area contributed by atoms with Crippen molar-refractivity contribution in [1.82, 2.24) is 0 Å². The van der Waals surface area contributed by atoms with E-state index in [2.05, 4.69) is 25.4 Å². The lowest BCUT2D eigenvalue weighted by Crippen LogP contribution is -2.28. The fourth-order valence-electron chi connectivity index (χ4n) is 2.46. The number of esters is 2. The molecular formula is C17H12BrF3N2O6. The average molecular weight is 477 g/mol. The van der Waals surface area contributed by atoms with Crippen LogP contribution in [0, 0.1) is 10.1 Å². The third-order valence-corrected chi connectivity index (χ3v) is 4.30. The van der Waals surface area contributed by atoms with Crippen molar-refractivity contribution in [3.05, 3.63) is 68.0 Å². The summed E-state index contributed by atoms with van der Waals surface area (Å²) in [4.78, 5) is 35.9. The smallest absolute Gasteiger partial charge is 0.416 e. The predicted octanol–water partition coefficient (Wildman–Crippen LogP) is 3.87. The lowest BCUT2D eigenvalue weighted by molar-refractivity contribution is -0.384. The van der Waals surface area contributed by atoms with E-state index in [1.165, 1.54) is 24.4 Å². The van der Waals surface area contributed by atoms with Crippen LogP contribution in [0.1, 0.15) is 5.56 Å². The molecule has 1 aliphatic rings. The number of nitrogens with zero attached hydrogens (tertiary/aromatic N) is 2. The van der Waals surface area contributed by atoms with Crippen LogP contribution >= 0.6 is 15.9 Å².